The molecule has 2 aliphatic carbocycles. The van der Waals surface area contributed by atoms with Crippen LogP contribution in [0, 0.1) is 11.8 Å². The number of hydrogen-bond donors (Lipinski definition) is 1. The van der Waals surface area contributed by atoms with Gasteiger partial charge in [-0.3, -0.25) is 0 Å². The molecule has 1 unspecified atom stereocenters. The van der Waals surface area contributed by atoms with Crippen LogP contribution >= 0.6 is 11.3 Å². The molecule has 0 aromatic carbocycles. The highest BCUT2D eigenvalue weighted by molar-refractivity contribution is 7.10. The summed E-state index contributed by atoms with van der Waals surface area (Å²) >= 11 is 1.92. The van der Waals surface area contributed by atoms with Crippen LogP contribution in [0.25, 0.3) is 0 Å². The van der Waals surface area contributed by atoms with Crippen LogP contribution in [0.3, 0.4) is 0 Å². The molecule has 0 aliphatic heterocycles. The fourth-order valence-electron chi connectivity index (χ4n) is 2.91. The van der Waals surface area contributed by atoms with Gasteiger partial charge in [-0.25, -0.2) is 0 Å². The lowest BCUT2D eigenvalue weighted by molar-refractivity contribution is 0.415. The molecule has 0 saturated heterocycles. The van der Waals surface area contributed by atoms with Gasteiger partial charge < -0.3 is 5.32 Å². The summed E-state index contributed by atoms with van der Waals surface area (Å²) in [5.74, 6) is 1.89. The Balaban J connectivity index is 1.57. The van der Waals surface area contributed by atoms with Crippen molar-refractivity contribution in [1.29, 1.82) is 0 Å². The van der Waals surface area contributed by atoms with Crippen molar-refractivity contribution in [2.75, 3.05) is 6.54 Å². The zero-order valence-electron chi connectivity index (χ0n) is 9.82. The third-order valence-corrected chi connectivity index (χ3v) is 5.00. The minimum atomic E-state index is 0.667. The Kier molecular flexibility index (Phi) is 3.30. The van der Waals surface area contributed by atoms with Crippen LogP contribution in [0.5, 0.6) is 0 Å². The summed E-state index contributed by atoms with van der Waals surface area (Å²) in [7, 11) is 0. The molecular weight excluding hydrogens is 214 g/mol. The molecule has 1 heterocycles. The average Bonchev–Trinajstić information content (AvgIpc) is 2.83. The van der Waals surface area contributed by atoms with Gasteiger partial charge in [0.25, 0.3) is 0 Å². The van der Waals surface area contributed by atoms with E-state index in [-0.39, 0.29) is 0 Å². The van der Waals surface area contributed by atoms with Crippen LogP contribution in [-0.4, -0.2) is 6.54 Å². The summed E-state index contributed by atoms with van der Waals surface area (Å²) in [4.78, 5) is 1.56. The van der Waals surface area contributed by atoms with Gasteiger partial charge in [0.1, 0.15) is 0 Å². The molecule has 0 bridgehead atoms. The van der Waals surface area contributed by atoms with Crippen LogP contribution in [-0.2, 0) is 0 Å². The Hall–Kier alpha value is -0.340. The SMILES string of the molecule is c1csc(C(NCC2CCCC2)C2CC2)c1. The van der Waals surface area contributed by atoms with E-state index in [1.54, 1.807) is 4.88 Å². The molecule has 1 aromatic rings. The maximum atomic E-state index is 3.84. The molecule has 1 nitrogen and oxygen atoms in total. The van der Waals surface area contributed by atoms with Crippen molar-refractivity contribution in [3.05, 3.63) is 22.4 Å². The maximum absolute atomic E-state index is 3.84. The second-order valence-electron chi connectivity index (χ2n) is 5.39. The molecule has 0 spiro atoms. The number of thiophene rings is 1. The minimum Gasteiger partial charge on any atom is -0.309 e. The standard InChI is InChI=1S/C14H21NS/c1-2-5-11(4-1)10-15-14(12-7-8-12)13-6-3-9-16-13/h3,6,9,11-12,14-15H,1-2,4-5,7-8,10H2. The Morgan fingerprint density at radius 3 is 2.69 bits per heavy atom. The molecule has 2 aliphatic rings. The first-order chi connectivity index (χ1) is 7.93. The molecule has 1 N–H and O–H groups in total. The Morgan fingerprint density at radius 2 is 2.06 bits per heavy atom. The van der Waals surface area contributed by atoms with Gasteiger partial charge in [-0.15, -0.1) is 11.3 Å². The quantitative estimate of drug-likeness (QED) is 0.814. The van der Waals surface area contributed by atoms with Crippen LogP contribution in [0.4, 0.5) is 0 Å². The maximum Gasteiger partial charge on any atom is 0.0443 e. The van der Waals surface area contributed by atoms with E-state index in [2.05, 4.69) is 22.8 Å². The molecule has 0 amide bonds. The van der Waals surface area contributed by atoms with Crippen molar-refractivity contribution < 1.29 is 0 Å². The van der Waals surface area contributed by atoms with Crippen LogP contribution in [0.1, 0.15) is 49.4 Å². The minimum absolute atomic E-state index is 0.667. The third kappa shape index (κ3) is 2.49. The number of hydrogen-bond acceptors (Lipinski definition) is 2. The van der Waals surface area contributed by atoms with E-state index in [4.69, 9.17) is 0 Å². The van der Waals surface area contributed by atoms with Crippen molar-refractivity contribution in [3.8, 4) is 0 Å². The summed E-state index contributed by atoms with van der Waals surface area (Å²) in [6, 6.07) is 5.16. The lowest BCUT2D eigenvalue weighted by atomic mass is 10.1. The van der Waals surface area contributed by atoms with E-state index in [0.29, 0.717) is 6.04 Å². The predicted molar refractivity (Wildman–Crippen MR) is 69.7 cm³/mol. The van der Waals surface area contributed by atoms with Crippen molar-refractivity contribution in [1.82, 2.24) is 5.32 Å². The van der Waals surface area contributed by atoms with Crippen molar-refractivity contribution in [2.24, 2.45) is 11.8 Å². The zero-order chi connectivity index (χ0) is 10.8. The Labute approximate surface area is 102 Å². The zero-order valence-corrected chi connectivity index (χ0v) is 10.6. The summed E-state index contributed by atoms with van der Waals surface area (Å²) in [6.45, 7) is 1.25. The topological polar surface area (TPSA) is 12.0 Å². The van der Waals surface area contributed by atoms with Gasteiger partial charge in [-0.1, -0.05) is 18.9 Å². The second kappa shape index (κ2) is 4.89. The van der Waals surface area contributed by atoms with Gasteiger partial charge in [0, 0.05) is 10.9 Å². The Morgan fingerprint density at radius 1 is 1.25 bits per heavy atom. The van der Waals surface area contributed by atoms with E-state index in [1.165, 1.54) is 45.1 Å². The Bertz CT molecular complexity index is 309. The molecule has 16 heavy (non-hydrogen) atoms. The van der Waals surface area contributed by atoms with E-state index in [9.17, 15) is 0 Å². The molecule has 2 heteroatoms. The highest BCUT2D eigenvalue weighted by atomic mass is 32.1. The van der Waals surface area contributed by atoms with Gasteiger partial charge in [0.15, 0.2) is 0 Å². The fourth-order valence-corrected chi connectivity index (χ4v) is 3.80. The van der Waals surface area contributed by atoms with Crippen LogP contribution in [0.15, 0.2) is 17.5 Å². The first-order valence-corrected chi connectivity index (χ1v) is 7.58. The lowest BCUT2D eigenvalue weighted by Gasteiger charge is -2.19. The first-order valence-electron chi connectivity index (χ1n) is 6.70. The third-order valence-electron chi connectivity index (χ3n) is 4.04. The molecule has 88 valence electrons. The molecule has 1 atom stereocenters. The van der Waals surface area contributed by atoms with E-state index in [0.717, 1.165) is 11.8 Å². The normalized spacial score (nSPS) is 23.8. The van der Waals surface area contributed by atoms with Gasteiger partial charge in [-0.05, 0) is 55.5 Å². The summed E-state index contributed by atoms with van der Waals surface area (Å²) in [5, 5.41) is 6.05. The highest BCUT2D eigenvalue weighted by Crippen LogP contribution is 2.42. The summed E-state index contributed by atoms with van der Waals surface area (Å²) in [6.07, 6.45) is 8.68. The van der Waals surface area contributed by atoms with Gasteiger partial charge in [0.2, 0.25) is 0 Å². The van der Waals surface area contributed by atoms with Crippen LogP contribution in [0.2, 0.25) is 0 Å². The predicted octanol–water partition coefficient (Wildman–Crippen LogP) is 3.98. The molecule has 2 saturated carbocycles. The summed E-state index contributed by atoms with van der Waals surface area (Å²) < 4.78 is 0. The monoisotopic (exact) mass is 235 g/mol. The van der Waals surface area contributed by atoms with Gasteiger partial charge in [-0.2, -0.15) is 0 Å². The molecule has 0 radical (unpaired) electrons. The fraction of sp³-hybridized carbons (Fsp3) is 0.714. The van der Waals surface area contributed by atoms with Crippen molar-refractivity contribution in [3.63, 3.8) is 0 Å². The van der Waals surface area contributed by atoms with Crippen LogP contribution < -0.4 is 5.32 Å². The molecule has 1 aromatic heterocycles. The highest BCUT2D eigenvalue weighted by Gasteiger charge is 2.33. The van der Waals surface area contributed by atoms with Gasteiger partial charge in [0.05, 0.1) is 0 Å². The number of nitrogens with one attached hydrogen (secondary N) is 1. The average molecular weight is 235 g/mol. The lowest BCUT2D eigenvalue weighted by Crippen LogP contribution is -2.27. The first kappa shape index (κ1) is 10.8. The van der Waals surface area contributed by atoms with Crippen molar-refractivity contribution >= 4 is 11.3 Å². The number of rotatable bonds is 5. The van der Waals surface area contributed by atoms with E-state index >= 15 is 0 Å². The molecule has 3 rings (SSSR count). The van der Waals surface area contributed by atoms with E-state index in [1.807, 2.05) is 11.3 Å². The van der Waals surface area contributed by atoms with Crippen molar-refractivity contribution in [2.45, 2.75) is 44.6 Å². The molecule has 2 fully saturated rings. The van der Waals surface area contributed by atoms with E-state index < -0.39 is 0 Å². The van der Waals surface area contributed by atoms with Gasteiger partial charge >= 0.3 is 0 Å². The molecular formula is C14H21NS. The smallest absolute Gasteiger partial charge is 0.0443 e. The largest absolute Gasteiger partial charge is 0.309 e. The summed E-state index contributed by atoms with van der Waals surface area (Å²) in [5.41, 5.74) is 0. The second-order valence-corrected chi connectivity index (χ2v) is 6.37.